The van der Waals surface area contributed by atoms with Crippen LogP contribution in [0.5, 0.6) is 0 Å². The van der Waals surface area contributed by atoms with Crippen LogP contribution >= 0.6 is 0 Å². The summed E-state index contributed by atoms with van der Waals surface area (Å²) in [7, 11) is 0. The van der Waals surface area contributed by atoms with Gasteiger partial charge in [0.05, 0.1) is 18.2 Å². The van der Waals surface area contributed by atoms with Gasteiger partial charge in [-0.05, 0) is 5.92 Å². The Bertz CT molecular complexity index is 488. The van der Waals surface area contributed by atoms with Crippen LogP contribution in [-0.2, 0) is 6.18 Å². The third-order valence-electron chi connectivity index (χ3n) is 3.47. The number of halogens is 3. The normalized spacial score (nSPS) is 20.9. The SMILES string of the molecule is CC[C@H](C)[C@H]1CN(c2ncc(C(F)(F)F)cn2)C(=O)N1. The number of anilines is 1. The van der Waals surface area contributed by atoms with E-state index in [0.29, 0.717) is 18.9 Å². The smallest absolute Gasteiger partial charge is 0.333 e. The maximum atomic E-state index is 12.4. The van der Waals surface area contributed by atoms with E-state index < -0.39 is 11.7 Å². The Kier molecular flexibility index (Phi) is 3.82. The number of carbonyl (C=O) groups is 1. The van der Waals surface area contributed by atoms with Crippen molar-refractivity contribution in [2.24, 2.45) is 5.92 Å². The molecule has 2 atom stereocenters. The van der Waals surface area contributed by atoms with Crippen LogP contribution < -0.4 is 10.2 Å². The predicted octanol–water partition coefficient (Wildman–Crippen LogP) is 2.44. The summed E-state index contributed by atoms with van der Waals surface area (Å²) in [6.45, 7) is 4.37. The van der Waals surface area contributed by atoms with Crippen LogP contribution in [-0.4, -0.2) is 28.6 Å². The van der Waals surface area contributed by atoms with Crippen LogP contribution in [0.1, 0.15) is 25.8 Å². The second-order valence-electron chi connectivity index (χ2n) is 4.82. The van der Waals surface area contributed by atoms with E-state index in [2.05, 4.69) is 15.3 Å². The minimum absolute atomic E-state index is 0.0127. The molecule has 0 spiro atoms. The maximum Gasteiger partial charge on any atom is 0.419 e. The quantitative estimate of drug-likeness (QED) is 0.929. The van der Waals surface area contributed by atoms with E-state index in [1.54, 1.807) is 0 Å². The van der Waals surface area contributed by atoms with E-state index >= 15 is 0 Å². The van der Waals surface area contributed by atoms with Gasteiger partial charge in [0.25, 0.3) is 0 Å². The molecule has 2 heterocycles. The first-order chi connectivity index (χ1) is 9.32. The van der Waals surface area contributed by atoms with Crippen molar-refractivity contribution in [1.82, 2.24) is 15.3 Å². The van der Waals surface area contributed by atoms with Crippen molar-refractivity contribution in [3.63, 3.8) is 0 Å². The van der Waals surface area contributed by atoms with Crippen molar-refractivity contribution in [1.29, 1.82) is 0 Å². The number of hydrogen-bond acceptors (Lipinski definition) is 3. The summed E-state index contributed by atoms with van der Waals surface area (Å²) >= 11 is 0. The Morgan fingerprint density at radius 1 is 1.45 bits per heavy atom. The number of hydrogen-bond donors (Lipinski definition) is 1. The molecule has 1 aromatic rings. The maximum absolute atomic E-state index is 12.4. The lowest BCUT2D eigenvalue weighted by molar-refractivity contribution is -0.138. The van der Waals surface area contributed by atoms with E-state index in [0.717, 1.165) is 6.42 Å². The molecular formula is C12H15F3N4O. The molecule has 0 unspecified atom stereocenters. The first kappa shape index (κ1) is 14.5. The van der Waals surface area contributed by atoms with Crippen molar-refractivity contribution in [3.05, 3.63) is 18.0 Å². The van der Waals surface area contributed by atoms with E-state index in [4.69, 9.17) is 0 Å². The highest BCUT2D eigenvalue weighted by atomic mass is 19.4. The fraction of sp³-hybridized carbons (Fsp3) is 0.583. The molecule has 1 saturated heterocycles. The highest BCUT2D eigenvalue weighted by Gasteiger charge is 2.35. The van der Waals surface area contributed by atoms with Gasteiger partial charge in [0.15, 0.2) is 0 Å². The third kappa shape index (κ3) is 2.83. The molecule has 8 heteroatoms. The zero-order chi connectivity index (χ0) is 14.9. The van der Waals surface area contributed by atoms with Crippen molar-refractivity contribution >= 4 is 12.0 Å². The second kappa shape index (κ2) is 5.26. The minimum atomic E-state index is -4.48. The zero-order valence-corrected chi connectivity index (χ0v) is 11.1. The molecule has 1 fully saturated rings. The monoisotopic (exact) mass is 288 g/mol. The van der Waals surface area contributed by atoms with Crippen molar-refractivity contribution in [2.45, 2.75) is 32.5 Å². The van der Waals surface area contributed by atoms with Crippen LogP contribution in [0, 0.1) is 5.92 Å². The Morgan fingerprint density at radius 3 is 2.55 bits per heavy atom. The highest BCUT2D eigenvalue weighted by Crippen LogP contribution is 2.28. The van der Waals surface area contributed by atoms with Crippen LogP contribution in [0.4, 0.5) is 23.9 Å². The summed E-state index contributed by atoms with van der Waals surface area (Å²) in [5.41, 5.74) is -0.931. The average Bonchev–Trinajstić information content (AvgIpc) is 2.79. The Morgan fingerprint density at radius 2 is 2.05 bits per heavy atom. The van der Waals surface area contributed by atoms with Gasteiger partial charge in [-0.3, -0.25) is 4.90 Å². The van der Waals surface area contributed by atoms with Crippen LogP contribution in [0.15, 0.2) is 12.4 Å². The largest absolute Gasteiger partial charge is 0.419 e. The topological polar surface area (TPSA) is 58.1 Å². The molecule has 1 aliphatic rings. The van der Waals surface area contributed by atoms with Crippen molar-refractivity contribution < 1.29 is 18.0 Å². The number of rotatable bonds is 3. The number of nitrogens with one attached hydrogen (secondary N) is 1. The molecule has 20 heavy (non-hydrogen) atoms. The molecule has 2 amide bonds. The molecule has 0 aliphatic carbocycles. The Hall–Kier alpha value is -1.86. The first-order valence-electron chi connectivity index (χ1n) is 6.30. The molecule has 0 bridgehead atoms. The van der Waals surface area contributed by atoms with E-state index in [1.165, 1.54) is 4.90 Å². The summed E-state index contributed by atoms with van der Waals surface area (Å²) in [5, 5.41) is 2.78. The molecule has 0 aromatic carbocycles. The van der Waals surface area contributed by atoms with Gasteiger partial charge in [-0.1, -0.05) is 20.3 Å². The Labute approximate surface area is 114 Å². The van der Waals surface area contributed by atoms with Gasteiger partial charge in [-0.25, -0.2) is 14.8 Å². The summed E-state index contributed by atoms with van der Waals surface area (Å²) in [6.07, 6.45) is -2.21. The van der Waals surface area contributed by atoms with Gasteiger partial charge < -0.3 is 5.32 Å². The molecule has 1 N–H and O–H groups in total. The van der Waals surface area contributed by atoms with Crippen LogP contribution in [0.3, 0.4) is 0 Å². The number of nitrogens with zero attached hydrogens (tertiary/aromatic N) is 3. The highest BCUT2D eigenvalue weighted by molar-refractivity contribution is 5.92. The number of carbonyl (C=O) groups excluding carboxylic acids is 1. The molecule has 5 nitrogen and oxygen atoms in total. The standard InChI is InChI=1S/C12H15F3N4O/c1-3-7(2)9-6-19(11(20)18-9)10-16-4-8(5-17-10)12(13,14)15/h4-5,7,9H,3,6H2,1-2H3,(H,18,20)/t7-,9+/m0/s1. The minimum Gasteiger partial charge on any atom is -0.333 e. The lowest BCUT2D eigenvalue weighted by Gasteiger charge is -2.16. The van der Waals surface area contributed by atoms with Crippen molar-refractivity contribution in [2.75, 3.05) is 11.4 Å². The second-order valence-corrected chi connectivity index (χ2v) is 4.82. The summed E-state index contributed by atoms with van der Waals surface area (Å²) < 4.78 is 37.2. The van der Waals surface area contributed by atoms with Gasteiger partial charge in [0.1, 0.15) is 0 Å². The Balaban J connectivity index is 2.14. The molecule has 1 aromatic heterocycles. The number of urea groups is 1. The summed E-state index contributed by atoms with van der Waals surface area (Å²) in [4.78, 5) is 20.3. The fourth-order valence-corrected chi connectivity index (χ4v) is 1.95. The van der Waals surface area contributed by atoms with Crippen LogP contribution in [0.25, 0.3) is 0 Å². The summed E-state index contributed by atoms with van der Waals surface area (Å²) in [6, 6.07) is -0.423. The molecule has 1 aliphatic heterocycles. The molecular weight excluding hydrogens is 273 g/mol. The predicted molar refractivity (Wildman–Crippen MR) is 66.2 cm³/mol. The van der Waals surface area contributed by atoms with Gasteiger partial charge in [0.2, 0.25) is 5.95 Å². The zero-order valence-electron chi connectivity index (χ0n) is 11.1. The van der Waals surface area contributed by atoms with E-state index in [-0.39, 0.29) is 23.9 Å². The third-order valence-corrected chi connectivity index (χ3v) is 3.47. The molecule has 2 rings (SSSR count). The van der Waals surface area contributed by atoms with E-state index in [1.807, 2.05) is 13.8 Å². The molecule has 110 valence electrons. The number of alkyl halides is 3. The lowest BCUT2D eigenvalue weighted by atomic mass is 10.0. The van der Waals surface area contributed by atoms with Gasteiger partial charge >= 0.3 is 12.2 Å². The number of amides is 2. The van der Waals surface area contributed by atoms with Gasteiger partial charge in [-0.15, -0.1) is 0 Å². The lowest BCUT2D eigenvalue weighted by Crippen LogP contribution is -2.32. The first-order valence-corrected chi connectivity index (χ1v) is 6.30. The van der Waals surface area contributed by atoms with Gasteiger partial charge in [-0.2, -0.15) is 13.2 Å². The van der Waals surface area contributed by atoms with E-state index in [9.17, 15) is 18.0 Å². The average molecular weight is 288 g/mol. The summed E-state index contributed by atoms with van der Waals surface area (Å²) in [5.74, 6) is 0.264. The van der Waals surface area contributed by atoms with Crippen molar-refractivity contribution in [3.8, 4) is 0 Å². The fourth-order valence-electron chi connectivity index (χ4n) is 1.95. The van der Waals surface area contributed by atoms with Crippen LogP contribution in [0.2, 0.25) is 0 Å². The molecule has 0 saturated carbocycles. The molecule has 0 radical (unpaired) electrons. The number of aromatic nitrogens is 2. The van der Waals surface area contributed by atoms with Gasteiger partial charge in [0, 0.05) is 12.4 Å².